The summed E-state index contributed by atoms with van der Waals surface area (Å²) in [5.41, 5.74) is 8.77. The van der Waals surface area contributed by atoms with Crippen LogP contribution in [0.15, 0.2) is 30.3 Å². The third kappa shape index (κ3) is 2.04. The number of fused-ring (bicyclic) bond motifs is 1. The van der Waals surface area contributed by atoms with Gasteiger partial charge in [0.1, 0.15) is 5.82 Å². The molecule has 2 N–H and O–H groups in total. The van der Waals surface area contributed by atoms with Crippen LogP contribution in [0.2, 0.25) is 5.02 Å². The van der Waals surface area contributed by atoms with Gasteiger partial charge in [0.05, 0.1) is 11.2 Å². The van der Waals surface area contributed by atoms with Gasteiger partial charge in [0.25, 0.3) is 0 Å². The van der Waals surface area contributed by atoms with Crippen molar-refractivity contribution in [2.45, 2.75) is 13.8 Å². The lowest BCUT2D eigenvalue weighted by molar-refractivity contribution is 0.845. The first-order valence-corrected chi connectivity index (χ1v) is 6.32. The summed E-state index contributed by atoms with van der Waals surface area (Å²) in [6.45, 7) is 3.93. The fourth-order valence-electron chi connectivity index (χ4n) is 2.16. The first kappa shape index (κ1) is 12.0. The minimum atomic E-state index is 0.581. The number of hydrogen-bond donors (Lipinski definition) is 1. The number of rotatable bonds is 1. The number of nitrogen functional groups attached to an aromatic ring is 1. The molecule has 0 aliphatic rings. The van der Waals surface area contributed by atoms with Gasteiger partial charge in [0.2, 0.25) is 0 Å². The van der Waals surface area contributed by atoms with Crippen molar-refractivity contribution in [2.75, 3.05) is 5.73 Å². The van der Waals surface area contributed by atoms with E-state index < -0.39 is 0 Å². The molecule has 0 spiro atoms. The van der Waals surface area contributed by atoms with Gasteiger partial charge in [-0.2, -0.15) is 9.78 Å². The van der Waals surface area contributed by atoms with E-state index in [1.807, 2.05) is 44.2 Å². The molecule has 2 heterocycles. The smallest absolute Gasteiger partial charge is 0.156 e. The van der Waals surface area contributed by atoms with E-state index in [9.17, 15) is 0 Å². The molecule has 3 rings (SSSR count). The molecule has 0 aliphatic carbocycles. The molecule has 0 aliphatic heterocycles. The lowest BCUT2D eigenvalue weighted by Gasteiger charge is -2.08. The number of benzene rings is 1. The molecule has 19 heavy (non-hydrogen) atoms. The highest BCUT2D eigenvalue weighted by molar-refractivity contribution is 6.31. The Morgan fingerprint density at radius 1 is 1.16 bits per heavy atom. The van der Waals surface area contributed by atoms with Gasteiger partial charge in [-0.05, 0) is 43.7 Å². The van der Waals surface area contributed by atoms with Gasteiger partial charge in [-0.3, -0.25) is 0 Å². The van der Waals surface area contributed by atoms with Gasteiger partial charge >= 0.3 is 0 Å². The number of anilines is 1. The summed E-state index contributed by atoms with van der Waals surface area (Å²) in [6, 6.07) is 9.43. The van der Waals surface area contributed by atoms with Crippen LogP contribution in [-0.2, 0) is 0 Å². The minimum Gasteiger partial charge on any atom is -0.384 e. The number of pyridine rings is 1. The summed E-state index contributed by atoms with van der Waals surface area (Å²) in [5, 5.41) is 6.10. The predicted molar refractivity (Wildman–Crippen MR) is 77.8 cm³/mol. The largest absolute Gasteiger partial charge is 0.384 e. The van der Waals surface area contributed by atoms with Crippen LogP contribution in [-0.4, -0.2) is 14.8 Å². The van der Waals surface area contributed by atoms with Crippen LogP contribution in [0.4, 0.5) is 5.82 Å². The van der Waals surface area contributed by atoms with Crippen molar-refractivity contribution in [2.24, 2.45) is 0 Å². The van der Waals surface area contributed by atoms with Crippen molar-refractivity contribution in [3.05, 3.63) is 46.6 Å². The summed E-state index contributed by atoms with van der Waals surface area (Å²) in [6.07, 6.45) is 0. The summed E-state index contributed by atoms with van der Waals surface area (Å²) in [5.74, 6) is 1.30. The average molecular weight is 273 g/mol. The SMILES string of the molecule is Cc1cc(N)n(-c2cc(C)c3cc(Cl)ccc3n2)n1. The van der Waals surface area contributed by atoms with Crippen LogP contribution in [0, 0.1) is 13.8 Å². The van der Waals surface area contributed by atoms with Crippen LogP contribution < -0.4 is 5.73 Å². The molecule has 0 atom stereocenters. The standard InChI is InChI=1S/C14H13ClN4/c1-8-5-14(19-13(16)6-9(2)18-19)17-12-4-3-10(15)7-11(8)12/h3-7H,16H2,1-2H3. The minimum absolute atomic E-state index is 0.581. The number of nitrogens with two attached hydrogens (primary N) is 1. The number of halogens is 1. The molecule has 0 bridgehead atoms. The van der Waals surface area contributed by atoms with Gasteiger partial charge in [-0.1, -0.05) is 11.6 Å². The zero-order chi connectivity index (χ0) is 13.6. The molecule has 0 saturated heterocycles. The Morgan fingerprint density at radius 2 is 1.95 bits per heavy atom. The van der Waals surface area contributed by atoms with Crippen molar-refractivity contribution < 1.29 is 0 Å². The summed E-state index contributed by atoms with van der Waals surface area (Å²) >= 11 is 6.01. The van der Waals surface area contributed by atoms with Crippen molar-refractivity contribution in [1.82, 2.24) is 14.8 Å². The number of hydrogen-bond acceptors (Lipinski definition) is 3. The van der Waals surface area contributed by atoms with E-state index in [1.54, 1.807) is 4.68 Å². The number of nitrogens with zero attached hydrogens (tertiary/aromatic N) is 3. The molecule has 0 saturated carbocycles. The van der Waals surface area contributed by atoms with E-state index in [1.165, 1.54) is 0 Å². The number of aryl methyl sites for hydroxylation is 2. The van der Waals surface area contributed by atoms with E-state index in [0.29, 0.717) is 10.8 Å². The Kier molecular flexibility index (Phi) is 2.68. The average Bonchev–Trinajstić information content (AvgIpc) is 2.69. The Balaban J connectivity index is 2.26. The maximum absolute atomic E-state index is 6.01. The molecule has 5 heteroatoms. The molecule has 0 fully saturated rings. The molecule has 4 nitrogen and oxygen atoms in total. The van der Waals surface area contributed by atoms with Crippen molar-refractivity contribution >= 4 is 28.3 Å². The van der Waals surface area contributed by atoms with E-state index in [-0.39, 0.29) is 0 Å². The highest BCUT2D eigenvalue weighted by Gasteiger charge is 2.09. The molecule has 2 aromatic heterocycles. The third-order valence-corrected chi connectivity index (χ3v) is 3.28. The summed E-state index contributed by atoms with van der Waals surface area (Å²) in [4.78, 5) is 4.58. The van der Waals surface area contributed by atoms with Crippen molar-refractivity contribution in [3.63, 3.8) is 0 Å². The van der Waals surface area contributed by atoms with Gasteiger partial charge < -0.3 is 5.73 Å². The maximum Gasteiger partial charge on any atom is 0.156 e. The van der Waals surface area contributed by atoms with Gasteiger partial charge in [-0.25, -0.2) is 4.98 Å². The molecule has 0 unspecified atom stereocenters. The topological polar surface area (TPSA) is 56.7 Å². The molecular weight excluding hydrogens is 260 g/mol. The van der Waals surface area contributed by atoms with Crippen LogP contribution >= 0.6 is 11.6 Å². The highest BCUT2D eigenvalue weighted by Crippen LogP contribution is 2.24. The normalized spacial score (nSPS) is 11.1. The van der Waals surface area contributed by atoms with E-state index in [4.69, 9.17) is 17.3 Å². The Labute approximate surface area is 115 Å². The Bertz CT molecular complexity index is 776. The number of aromatic nitrogens is 3. The first-order chi connectivity index (χ1) is 9.04. The van der Waals surface area contributed by atoms with E-state index in [0.717, 1.165) is 28.0 Å². The van der Waals surface area contributed by atoms with Gasteiger partial charge in [0.15, 0.2) is 5.82 Å². The second kappa shape index (κ2) is 4.24. The van der Waals surface area contributed by atoms with Gasteiger partial charge in [0, 0.05) is 16.5 Å². The van der Waals surface area contributed by atoms with E-state index in [2.05, 4.69) is 10.1 Å². The second-order valence-electron chi connectivity index (χ2n) is 4.58. The molecule has 0 radical (unpaired) electrons. The fourth-order valence-corrected chi connectivity index (χ4v) is 2.33. The fraction of sp³-hybridized carbons (Fsp3) is 0.143. The van der Waals surface area contributed by atoms with Crippen molar-refractivity contribution in [3.8, 4) is 5.82 Å². The summed E-state index contributed by atoms with van der Waals surface area (Å²) in [7, 11) is 0. The Hall–Kier alpha value is -2.07. The van der Waals surface area contributed by atoms with Gasteiger partial charge in [-0.15, -0.1) is 0 Å². The summed E-state index contributed by atoms with van der Waals surface area (Å²) < 4.78 is 1.65. The van der Waals surface area contributed by atoms with Crippen molar-refractivity contribution in [1.29, 1.82) is 0 Å². The molecule has 1 aromatic carbocycles. The lowest BCUT2D eigenvalue weighted by Crippen LogP contribution is -2.04. The monoisotopic (exact) mass is 272 g/mol. The predicted octanol–water partition coefficient (Wildman–Crippen LogP) is 3.27. The zero-order valence-corrected chi connectivity index (χ0v) is 11.4. The maximum atomic E-state index is 6.01. The van der Waals surface area contributed by atoms with Crippen LogP contribution in [0.5, 0.6) is 0 Å². The molecule has 96 valence electrons. The molecule has 3 aromatic rings. The quantitative estimate of drug-likeness (QED) is 0.740. The molecule has 0 amide bonds. The third-order valence-electron chi connectivity index (χ3n) is 3.04. The highest BCUT2D eigenvalue weighted by atomic mass is 35.5. The van der Waals surface area contributed by atoms with Crippen LogP contribution in [0.25, 0.3) is 16.7 Å². The van der Waals surface area contributed by atoms with E-state index >= 15 is 0 Å². The van der Waals surface area contributed by atoms with Crippen LogP contribution in [0.1, 0.15) is 11.3 Å². The van der Waals surface area contributed by atoms with Crippen LogP contribution in [0.3, 0.4) is 0 Å². The zero-order valence-electron chi connectivity index (χ0n) is 10.7. The Morgan fingerprint density at radius 3 is 2.63 bits per heavy atom. The lowest BCUT2D eigenvalue weighted by atomic mass is 10.1. The molecular formula is C14H13ClN4. The first-order valence-electron chi connectivity index (χ1n) is 5.94. The second-order valence-corrected chi connectivity index (χ2v) is 5.02.